The van der Waals surface area contributed by atoms with E-state index in [1.165, 1.54) is 24.1 Å². The number of esters is 1. The molecular formula is C11H13FN2O4. The average Bonchev–Trinajstić information content (AvgIpc) is 2.34. The molecule has 0 saturated carbocycles. The fourth-order valence-electron chi connectivity index (χ4n) is 1.53. The van der Waals surface area contributed by atoms with Gasteiger partial charge in [0.25, 0.3) is 0 Å². The first-order chi connectivity index (χ1) is 8.51. The monoisotopic (exact) mass is 256 g/mol. The molecular weight excluding hydrogens is 243 g/mol. The summed E-state index contributed by atoms with van der Waals surface area (Å²) in [4.78, 5) is 22.6. The molecule has 0 atom stereocenters. The molecule has 0 aliphatic rings. The highest BCUT2D eigenvalue weighted by Gasteiger charge is 2.24. The zero-order valence-corrected chi connectivity index (χ0v) is 10.1. The Morgan fingerprint density at radius 2 is 2.22 bits per heavy atom. The number of methoxy groups -OCH3 is 1. The number of halogens is 1. The van der Waals surface area contributed by atoms with Crippen LogP contribution in [0.5, 0.6) is 0 Å². The SMILES string of the molecule is CCN(CC(=O)OC)c1cccc(F)c1[N+](=O)[O-]. The molecule has 98 valence electrons. The topological polar surface area (TPSA) is 72.7 Å². The number of carbonyl (C=O) groups is 1. The van der Waals surface area contributed by atoms with Crippen LogP contribution in [0, 0.1) is 15.9 Å². The van der Waals surface area contributed by atoms with Gasteiger partial charge in [-0.3, -0.25) is 14.9 Å². The Kier molecular flexibility index (Phi) is 4.59. The van der Waals surface area contributed by atoms with Crippen LogP contribution in [0.15, 0.2) is 18.2 Å². The Hall–Kier alpha value is -2.18. The number of rotatable bonds is 5. The summed E-state index contributed by atoms with van der Waals surface area (Å²) >= 11 is 0. The third-order valence-corrected chi connectivity index (χ3v) is 2.42. The normalized spacial score (nSPS) is 9.94. The third kappa shape index (κ3) is 2.93. The molecule has 0 unspecified atom stereocenters. The summed E-state index contributed by atoms with van der Waals surface area (Å²) in [6.07, 6.45) is 0. The van der Waals surface area contributed by atoms with Gasteiger partial charge < -0.3 is 9.64 Å². The lowest BCUT2D eigenvalue weighted by molar-refractivity contribution is -0.386. The van der Waals surface area contributed by atoms with Crippen molar-refractivity contribution in [2.45, 2.75) is 6.92 Å². The summed E-state index contributed by atoms with van der Waals surface area (Å²) in [6, 6.07) is 3.76. The maximum absolute atomic E-state index is 13.4. The average molecular weight is 256 g/mol. The molecule has 0 amide bonds. The number of nitro groups is 1. The lowest BCUT2D eigenvalue weighted by Crippen LogP contribution is -2.31. The van der Waals surface area contributed by atoms with Crippen LogP contribution in [0.1, 0.15) is 6.92 Å². The van der Waals surface area contributed by atoms with Gasteiger partial charge in [0.15, 0.2) is 0 Å². The third-order valence-electron chi connectivity index (χ3n) is 2.42. The molecule has 0 aromatic heterocycles. The van der Waals surface area contributed by atoms with Crippen LogP contribution < -0.4 is 4.90 Å². The second kappa shape index (κ2) is 5.95. The standard InChI is InChI=1S/C11H13FN2O4/c1-3-13(7-10(15)18-2)9-6-4-5-8(12)11(9)14(16)17/h4-6H,3,7H2,1-2H3. The number of likely N-dealkylation sites (N-methyl/N-ethyl adjacent to an activating group) is 1. The highest BCUT2D eigenvalue weighted by Crippen LogP contribution is 2.30. The van der Waals surface area contributed by atoms with Crippen molar-refractivity contribution in [2.24, 2.45) is 0 Å². The number of hydrogen-bond acceptors (Lipinski definition) is 5. The Balaban J connectivity index is 3.17. The molecule has 7 heteroatoms. The van der Waals surface area contributed by atoms with E-state index in [2.05, 4.69) is 4.74 Å². The molecule has 0 heterocycles. The fourth-order valence-corrected chi connectivity index (χ4v) is 1.53. The minimum atomic E-state index is -0.930. The van der Waals surface area contributed by atoms with Gasteiger partial charge in [0.1, 0.15) is 12.2 Å². The molecule has 0 bridgehead atoms. The summed E-state index contributed by atoms with van der Waals surface area (Å²) < 4.78 is 17.9. The molecule has 18 heavy (non-hydrogen) atoms. The Morgan fingerprint density at radius 3 is 2.72 bits per heavy atom. The van der Waals surface area contributed by atoms with Crippen molar-refractivity contribution in [3.8, 4) is 0 Å². The van der Waals surface area contributed by atoms with Crippen LogP contribution in [0.4, 0.5) is 15.8 Å². The maximum atomic E-state index is 13.4. The van der Waals surface area contributed by atoms with Crippen LogP contribution in [-0.4, -0.2) is 31.1 Å². The zero-order valence-electron chi connectivity index (χ0n) is 10.1. The molecule has 0 N–H and O–H groups in total. The number of carbonyl (C=O) groups excluding carboxylic acids is 1. The van der Waals surface area contributed by atoms with Crippen LogP contribution >= 0.6 is 0 Å². The molecule has 0 spiro atoms. The van der Waals surface area contributed by atoms with Crippen molar-refractivity contribution >= 4 is 17.3 Å². The molecule has 0 fully saturated rings. The van der Waals surface area contributed by atoms with Crippen molar-refractivity contribution < 1.29 is 18.8 Å². The van der Waals surface area contributed by atoms with Crippen molar-refractivity contribution in [3.63, 3.8) is 0 Å². The number of anilines is 1. The summed E-state index contributed by atoms with van der Waals surface area (Å²) in [5.74, 6) is -1.48. The second-order valence-electron chi connectivity index (χ2n) is 3.45. The quantitative estimate of drug-likeness (QED) is 0.455. The van der Waals surface area contributed by atoms with E-state index in [0.29, 0.717) is 6.54 Å². The summed E-state index contributed by atoms with van der Waals surface area (Å²) in [5, 5.41) is 10.8. The van der Waals surface area contributed by atoms with Crippen LogP contribution in [-0.2, 0) is 9.53 Å². The van der Waals surface area contributed by atoms with Gasteiger partial charge in [-0.25, -0.2) is 0 Å². The van der Waals surface area contributed by atoms with Gasteiger partial charge >= 0.3 is 11.7 Å². The molecule has 0 aliphatic heterocycles. The van der Waals surface area contributed by atoms with E-state index in [4.69, 9.17) is 0 Å². The summed E-state index contributed by atoms with van der Waals surface area (Å²) in [7, 11) is 1.22. The number of ether oxygens (including phenoxy) is 1. The molecule has 6 nitrogen and oxygen atoms in total. The second-order valence-corrected chi connectivity index (χ2v) is 3.45. The van der Waals surface area contributed by atoms with E-state index in [-0.39, 0.29) is 12.2 Å². The van der Waals surface area contributed by atoms with Crippen LogP contribution in [0.3, 0.4) is 0 Å². The number of benzene rings is 1. The molecule has 0 radical (unpaired) electrons. The number of para-hydroxylation sites is 1. The van der Waals surface area contributed by atoms with Gasteiger partial charge in [-0.15, -0.1) is 0 Å². The largest absolute Gasteiger partial charge is 0.468 e. The Labute approximate surface area is 103 Å². The fraction of sp³-hybridized carbons (Fsp3) is 0.364. The summed E-state index contributed by atoms with van der Waals surface area (Å²) in [6.45, 7) is 1.86. The zero-order chi connectivity index (χ0) is 13.7. The number of nitro benzene ring substituents is 1. The summed E-state index contributed by atoms with van der Waals surface area (Å²) in [5.41, 5.74) is -0.573. The van der Waals surface area contributed by atoms with Gasteiger partial charge in [-0.2, -0.15) is 4.39 Å². The van der Waals surface area contributed by atoms with Crippen molar-refractivity contribution in [1.82, 2.24) is 0 Å². The molecule has 0 saturated heterocycles. The van der Waals surface area contributed by atoms with Crippen molar-refractivity contribution in [3.05, 3.63) is 34.1 Å². The predicted molar refractivity (Wildman–Crippen MR) is 63.0 cm³/mol. The predicted octanol–water partition coefficient (Wildman–Crippen LogP) is 1.73. The van der Waals surface area contributed by atoms with Gasteiger partial charge in [0.05, 0.1) is 12.0 Å². The first-order valence-electron chi connectivity index (χ1n) is 5.25. The van der Waals surface area contributed by atoms with E-state index in [9.17, 15) is 19.3 Å². The number of nitrogens with zero attached hydrogens (tertiary/aromatic N) is 2. The van der Waals surface area contributed by atoms with E-state index in [1.807, 2.05) is 0 Å². The lowest BCUT2D eigenvalue weighted by atomic mass is 10.2. The highest BCUT2D eigenvalue weighted by atomic mass is 19.1. The van der Waals surface area contributed by atoms with E-state index in [0.717, 1.165) is 6.07 Å². The molecule has 1 aromatic rings. The van der Waals surface area contributed by atoms with Crippen molar-refractivity contribution in [1.29, 1.82) is 0 Å². The van der Waals surface area contributed by atoms with Crippen molar-refractivity contribution in [2.75, 3.05) is 25.1 Å². The maximum Gasteiger partial charge on any atom is 0.327 e. The van der Waals surface area contributed by atoms with Gasteiger partial charge in [-0.1, -0.05) is 6.07 Å². The Bertz CT molecular complexity index is 464. The first kappa shape index (κ1) is 13.9. The minimum Gasteiger partial charge on any atom is -0.468 e. The smallest absolute Gasteiger partial charge is 0.327 e. The van der Waals surface area contributed by atoms with E-state index < -0.39 is 22.4 Å². The van der Waals surface area contributed by atoms with Gasteiger partial charge in [0.2, 0.25) is 5.82 Å². The van der Waals surface area contributed by atoms with Gasteiger partial charge in [-0.05, 0) is 19.1 Å². The Morgan fingerprint density at radius 1 is 1.56 bits per heavy atom. The first-order valence-corrected chi connectivity index (χ1v) is 5.25. The molecule has 0 aliphatic carbocycles. The highest BCUT2D eigenvalue weighted by molar-refractivity contribution is 5.77. The van der Waals surface area contributed by atoms with Gasteiger partial charge in [0, 0.05) is 6.54 Å². The lowest BCUT2D eigenvalue weighted by Gasteiger charge is -2.21. The molecule has 1 aromatic carbocycles. The minimum absolute atomic E-state index is 0.0629. The van der Waals surface area contributed by atoms with E-state index in [1.54, 1.807) is 6.92 Å². The van der Waals surface area contributed by atoms with Crippen LogP contribution in [0.25, 0.3) is 0 Å². The van der Waals surface area contributed by atoms with E-state index >= 15 is 0 Å². The molecule has 1 rings (SSSR count). The van der Waals surface area contributed by atoms with Crippen LogP contribution in [0.2, 0.25) is 0 Å². The number of hydrogen-bond donors (Lipinski definition) is 0.